The summed E-state index contributed by atoms with van der Waals surface area (Å²) < 4.78 is 1.99. The predicted molar refractivity (Wildman–Crippen MR) is 95.6 cm³/mol. The highest BCUT2D eigenvalue weighted by molar-refractivity contribution is 5.93. The van der Waals surface area contributed by atoms with Crippen molar-refractivity contribution in [1.29, 1.82) is 0 Å². The van der Waals surface area contributed by atoms with Crippen LogP contribution in [0.1, 0.15) is 60.7 Å². The summed E-state index contributed by atoms with van der Waals surface area (Å²) >= 11 is 0. The Morgan fingerprint density at radius 3 is 2.64 bits per heavy atom. The van der Waals surface area contributed by atoms with E-state index in [1.165, 1.54) is 25.9 Å². The molecule has 0 radical (unpaired) electrons. The molecule has 1 aromatic heterocycles. The SMILES string of the molecule is Cc1c(C(=O)N2CCCC2CN2CCCC2)nnn1C1CCNCC1. The van der Waals surface area contributed by atoms with Gasteiger partial charge in [-0.3, -0.25) is 4.79 Å². The van der Waals surface area contributed by atoms with Crippen molar-refractivity contribution < 1.29 is 4.79 Å². The summed E-state index contributed by atoms with van der Waals surface area (Å²) in [5, 5.41) is 12.0. The molecule has 3 aliphatic heterocycles. The third kappa shape index (κ3) is 3.44. The number of carbonyl (C=O) groups is 1. The first-order valence-electron chi connectivity index (χ1n) is 9.90. The van der Waals surface area contributed by atoms with Gasteiger partial charge in [0.25, 0.3) is 5.91 Å². The predicted octanol–water partition coefficient (Wildman–Crippen LogP) is 1.21. The van der Waals surface area contributed by atoms with Crippen LogP contribution in [0.3, 0.4) is 0 Å². The molecule has 4 heterocycles. The number of hydrogen-bond acceptors (Lipinski definition) is 5. The molecule has 1 atom stereocenters. The van der Waals surface area contributed by atoms with Crippen LogP contribution in [0, 0.1) is 6.92 Å². The molecule has 138 valence electrons. The lowest BCUT2D eigenvalue weighted by atomic mass is 10.1. The lowest BCUT2D eigenvalue weighted by Crippen LogP contribution is -2.43. The van der Waals surface area contributed by atoms with Gasteiger partial charge in [-0.1, -0.05) is 5.21 Å². The number of nitrogens with zero attached hydrogens (tertiary/aromatic N) is 5. The van der Waals surface area contributed by atoms with Crippen molar-refractivity contribution in [2.45, 2.75) is 57.5 Å². The van der Waals surface area contributed by atoms with Crippen LogP contribution >= 0.6 is 0 Å². The summed E-state index contributed by atoms with van der Waals surface area (Å²) in [5.41, 5.74) is 1.50. The van der Waals surface area contributed by atoms with Crippen molar-refractivity contribution in [3.8, 4) is 0 Å². The van der Waals surface area contributed by atoms with Gasteiger partial charge < -0.3 is 15.1 Å². The highest BCUT2D eigenvalue weighted by Crippen LogP contribution is 2.25. The molecule has 25 heavy (non-hydrogen) atoms. The van der Waals surface area contributed by atoms with Crippen molar-refractivity contribution in [1.82, 2.24) is 30.1 Å². The van der Waals surface area contributed by atoms with Gasteiger partial charge in [-0.2, -0.15) is 0 Å². The Kier molecular flexibility index (Phi) is 5.03. The van der Waals surface area contributed by atoms with Crippen LogP contribution in [-0.2, 0) is 0 Å². The Bertz CT molecular complexity index is 603. The molecule has 3 fully saturated rings. The van der Waals surface area contributed by atoms with E-state index >= 15 is 0 Å². The van der Waals surface area contributed by atoms with Gasteiger partial charge in [0.05, 0.1) is 11.7 Å². The van der Waals surface area contributed by atoms with Crippen LogP contribution in [-0.4, -0.2) is 76.0 Å². The molecule has 1 N–H and O–H groups in total. The number of hydrogen-bond donors (Lipinski definition) is 1. The van der Waals surface area contributed by atoms with E-state index in [0.717, 1.165) is 57.6 Å². The first-order chi connectivity index (χ1) is 12.2. The molecule has 0 bridgehead atoms. The number of carbonyl (C=O) groups excluding carboxylic acids is 1. The number of nitrogens with one attached hydrogen (secondary N) is 1. The molecule has 0 saturated carbocycles. The van der Waals surface area contributed by atoms with Gasteiger partial charge in [-0.25, -0.2) is 4.68 Å². The zero-order valence-electron chi connectivity index (χ0n) is 15.3. The average molecular weight is 346 g/mol. The minimum atomic E-state index is 0.0828. The topological polar surface area (TPSA) is 66.3 Å². The van der Waals surface area contributed by atoms with E-state index in [1.54, 1.807) is 0 Å². The summed E-state index contributed by atoms with van der Waals surface area (Å²) in [7, 11) is 0. The van der Waals surface area contributed by atoms with Gasteiger partial charge in [0.1, 0.15) is 0 Å². The average Bonchev–Trinajstić information content (AvgIpc) is 3.37. The maximum atomic E-state index is 13.1. The zero-order valence-corrected chi connectivity index (χ0v) is 15.3. The van der Waals surface area contributed by atoms with E-state index in [0.29, 0.717) is 17.8 Å². The van der Waals surface area contributed by atoms with Crippen LogP contribution in [0.25, 0.3) is 0 Å². The monoisotopic (exact) mass is 346 g/mol. The lowest BCUT2D eigenvalue weighted by Gasteiger charge is -2.28. The summed E-state index contributed by atoms with van der Waals surface area (Å²) in [6.07, 6.45) is 6.92. The van der Waals surface area contributed by atoms with E-state index in [-0.39, 0.29) is 5.91 Å². The summed E-state index contributed by atoms with van der Waals surface area (Å²) in [6.45, 7) is 8.27. The second-order valence-corrected chi connectivity index (χ2v) is 7.75. The van der Waals surface area contributed by atoms with Crippen LogP contribution in [0.15, 0.2) is 0 Å². The number of amides is 1. The molecular weight excluding hydrogens is 316 g/mol. The number of aromatic nitrogens is 3. The van der Waals surface area contributed by atoms with Crippen LogP contribution in [0.2, 0.25) is 0 Å². The first kappa shape index (κ1) is 17.0. The molecule has 7 nitrogen and oxygen atoms in total. The van der Waals surface area contributed by atoms with Gasteiger partial charge >= 0.3 is 0 Å². The first-order valence-corrected chi connectivity index (χ1v) is 9.90. The third-order valence-electron chi connectivity index (χ3n) is 6.09. The second-order valence-electron chi connectivity index (χ2n) is 7.75. The van der Waals surface area contributed by atoms with Gasteiger partial charge in [0.2, 0.25) is 0 Å². The van der Waals surface area contributed by atoms with Gasteiger partial charge in [0.15, 0.2) is 5.69 Å². The third-order valence-corrected chi connectivity index (χ3v) is 6.09. The van der Waals surface area contributed by atoms with E-state index in [9.17, 15) is 4.79 Å². The van der Waals surface area contributed by atoms with Gasteiger partial charge in [0, 0.05) is 19.1 Å². The molecule has 3 aliphatic rings. The number of piperidine rings is 1. The summed E-state index contributed by atoms with van der Waals surface area (Å²) in [4.78, 5) is 17.7. The summed E-state index contributed by atoms with van der Waals surface area (Å²) in [6, 6.07) is 0.711. The maximum Gasteiger partial charge on any atom is 0.276 e. The highest BCUT2D eigenvalue weighted by atomic mass is 16.2. The van der Waals surface area contributed by atoms with Crippen molar-refractivity contribution >= 4 is 5.91 Å². The quantitative estimate of drug-likeness (QED) is 0.888. The Labute approximate surface area is 149 Å². The molecule has 1 aromatic rings. The Hall–Kier alpha value is -1.47. The zero-order chi connectivity index (χ0) is 17.2. The van der Waals surface area contributed by atoms with Crippen LogP contribution in [0.4, 0.5) is 0 Å². The minimum absolute atomic E-state index is 0.0828. The number of likely N-dealkylation sites (tertiary alicyclic amines) is 2. The standard InChI is InChI=1S/C18H30N6O/c1-14-17(20-21-24(14)15-6-8-19-9-7-15)18(25)23-12-4-5-16(23)13-22-10-2-3-11-22/h15-16,19H,2-13H2,1H3. The van der Waals surface area contributed by atoms with Crippen LogP contribution < -0.4 is 5.32 Å². The van der Waals surface area contributed by atoms with Crippen LogP contribution in [0.5, 0.6) is 0 Å². The fourth-order valence-electron chi connectivity index (χ4n) is 4.63. The Morgan fingerprint density at radius 1 is 1.12 bits per heavy atom. The fraction of sp³-hybridized carbons (Fsp3) is 0.833. The lowest BCUT2D eigenvalue weighted by molar-refractivity contribution is 0.0702. The van der Waals surface area contributed by atoms with Gasteiger partial charge in [-0.05, 0) is 71.6 Å². The minimum Gasteiger partial charge on any atom is -0.333 e. The molecule has 0 spiro atoms. The van der Waals surface area contributed by atoms with Crippen molar-refractivity contribution in [2.24, 2.45) is 0 Å². The highest BCUT2D eigenvalue weighted by Gasteiger charge is 2.34. The largest absolute Gasteiger partial charge is 0.333 e. The van der Waals surface area contributed by atoms with E-state index in [4.69, 9.17) is 0 Å². The van der Waals surface area contributed by atoms with Crippen molar-refractivity contribution in [2.75, 3.05) is 39.3 Å². The molecule has 0 aliphatic carbocycles. The molecule has 7 heteroatoms. The van der Waals surface area contributed by atoms with Crippen molar-refractivity contribution in [3.05, 3.63) is 11.4 Å². The Balaban J connectivity index is 1.47. The maximum absolute atomic E-state index is 13.1. The second kappa shape index (κ2) is 7.41. The molecular formula is C18H30N6O. The summed E-state index contributed by atoms with van der Waals surface area (Å²) in [5.74, 6) is 0.0828. The normalized spacial score (nSPS) is 25.8. The van der Waals surface area contributed by atoms with E-state index in [2.05, 4.69) is 25.4 Å². The van der Waals surface area contributed by atoms with E-state index in [1.807, 2.05) is 11.6 Å². The van der Waals surface area contributed by atoms with Gasteiger partial charge in [-0.15, -0.1) is 5.10 Å². The molecule has 4 rings (SSSR count). The van der Waals surface area contributed by atoms with Crippen molar-refractivity contribution in [3.63, 3.8) is 0 Å². The van der Waals surface area contributed by atoms with E-state index < -0.39 is 0 Å². The molecule has 3 saturated heterocycles. The fourth-order valence-corrected chi connectivity index (χ4v) is 4.63. The number of rotatable bonds is 4. The smallest absolute Gasteiger partial charge is 0.276 e. The molecule has 1 amide bonds. The Morgan fingerprint density at radius 2 is 1.88 bits per heavy atom. The molecule has 1 unspecified atom stereocenters. The molecule has 0 aromatic carbocycles.